The number of fused-ring (bicyclic) bond motifs is 1. The zero-order valence-electron chi connectivity index (χ0n) is 20.5. The molecule has 3 aromatic rings. The lowest BCUT2D eigenvalue weighted by Crippen LogP contribution is -2.26. The minimum atomic E-state index is -0.486. The van der Waals surface area contributed by atoms with Gasteiger partial charge in [0, 0.05) is 11.9 Å². The van der Waals surface area contributed by atoms with Crippen LogP contribution >= 0.6 is 23.1 Å². The second kappa shape index (κ2) is 11.7. The molecule has 2 amide bonds. The van der Waals surface area contributed by atoms with E-state index >= 15 is 0 Å². The van der Waals surface area contributed by atoms with Crippen molar-refractivity contribution in [2.24, 2.45) is 7.05 Å². The van der Waals surface area contributed by atoms with Crippen LogP contribution in [-0.2, 0) is 47.2 Å². The van der Waals surface area contributed by atoms with Gasteiger partial charge in [-0.15, -0.1) is 21.5 Å². The van der Waals surface area contributed by atoms with E-state index in [-0.39, 0.29) is 37.4 Å². The summed E-state index contributed by atoms with van der Waals surface area (Å²) in [4.78, 5) is 38.9. The highest BCUT2D eigenvalue weighted by molar-refractivity contribution is 8.00. The lowest BCUT2D eigenvalue weighted by Gasteiger charge is -2.12. The fourth-order valence-corrected chi connectivity index (χ4v) is 6.07. The largest absolute Gasteiger partial charge is 0.462 e. The topological polar surface area (TPSA) is 115 Å². The molecule has 2 aromatic heterocycles. The standard InChI is InChI=1S/C25H29N5O4S2/c1-4-34-24(33)21-17-11-8-12-18(17)36-23(21)27-22(32)15(2)35-25-29-28-19(30(25)3)14-26-20(31)13-16-9-6-5-7-10-16/h5-7,9-10,15H,4,8,11-14H2,1-3H3,(H,26,31)(H,27,32). The van der Waals surface area contributed by atoms with Crippen LogP contribution in [0.25, 0.3) is 0 Å². The minimum absolute atomic E-state index is 0.105. The first kappa shape index (κ1) is 25.9. The molecule has 0 saturated carbocycles. The van der Waals surface area contributed by atoms with Gasteiger partial charge in [-0.3, -0.25) is 9.59 Å². The monoisotopic (exact) mass is 527 g/mol. The Morgan fingerprint density at radius 1 is 1.19 bits per heavy atom. The van der Waals surface area contributed by atoms with Gasteiger partial charge in [-0.05, 0) is 44.2 Å². The Bertz CT molecular complexity index is 1250. The second-order valence-electron chi connectivity index (χ2n) is 8.43. The molecule has 2 heterocycles. The summed E-state index contributed by atoms with van der Waals surface area (Å²) in [6.07, 6.45) is 3.03. The lowest BCUT2D eigenvalue weighted by atomic mass is 10.1. The van der Waals surface area contributed by atoms with Gasteiger partial charge in [0.1, 0.15) is 5.00 Å². The van der Waals surface area contributed by atoms with Crippen LogP contribution in [0.5, 0.6) is 0 Å². The smallest absolute Gasteiger partial charge is 0.341 e. The van der Waals surface area contributed by atoms with E-state index in [2.05, 4.69) is 20.8 Å². The number of nitrogens with one attached hydrogen (secondary N) is 2. The summed E-state index contributed by atoms with van der Waals surface area (Å²) in [5, 5.41) is 14.8. The van der Waals surface area contributed by atoms with Crippen molar-refractivity contribution in [2.45, 2.75) is 56.5 Å². The predicted molar refractivity (Wildman–Crippen MR) is 139 cm³/mol. The number of benzene rings is 1. The van der Waals surface area contributed by atoms with Crippen LogP contribution < -0.4 is 10.6 Å². The van der Waals surface area contributed by atoms with E-state index < -0.39 is 5.25 Å². The van der Waals surface area contributed by atoms with Crippen molar-refractivity contribution in [2.75, 3.05) is 11.9 Å². The maximum atomic E-state index is 13.0. The van der Waals surface area contributed by atoms with Gasteiger partial charge in [0.25, 0.3) is 0 Å². The van der Waals surface area contributed by atoms with Gasteiger partial charge >= 0.3 is 5.97 Å². The van der Waals surface area contributed by atoms with Gasteiger partial charge in [-0.1, -0.05) is 42.1 Å². The molecule has 0 bridgehead atoms. The summed E-state index contributed by atoms with van der Waals surface area (Å²) in [7, 11) is 1.80. The molecular weight excluding hydrogens is 498 g/mol. The normalized spacial score (nSPS) is 13.2. The summed E-state index contributed by atoms with van der Waals surface area (Å²) in [5.41, 5.74) is 2.43. The highest BCUT2D eigenvalue weighted by atomic mass is 32.2. The van der Waals surface area contributed by atoms with Crippen LogP contribution in [0, 0.1) is 0 Å². The van der Waals surface area contributed by atoms with E-state index in [1.54, 1.807) is 25.5 Å². The number of esters is 1. The Morgan fingerprint density at radius 2 is 1.97 bits per heavy atom. The Labute approximate surface area is 218 Å². The lowest BCUT2D eigenvalue weighted by molar-refractivity contribution is -0.120. The van der Waals surface area contributed by atoms with Gasteiger partial charge in [-0.25, -0.2) is 4.79 Å². The average Bonchev–Trinajstić information content (AvgIpc) is 3.53. The SMILES string of the molecule is CCOC(=O)c1c(NC(=O)C(C)Sc2nnc(CNC(=O)Cc3ccccc3)n2C)sc2c1CCC2. The number of hydrogen-bond acceptors (Lipinski definition) is 8. The summed E-state index contributed by atoms with van der Waals surface area (Å²) >= 11 is 2.72. The number of carbonyl (C=O) groups excluding carboxylic acids is 3. The molecule has 1 aliphatic carbocycles. The molecule has 36 heavy (non-hydrogen) atoms. The fourth-order valence-electron chi connectivity index (χ4n) is 3.96. The van der Waals surface area contributed by atoms with Crippen molar-refractivity contribution in [1.29, 1.82) is 0 Å². The third kappa shape index (κ3) is 5.96. The molecule has 0 radical (unpaired) electrons. The molecule has 4 rings (SSSR count). The maximum Gasteiger partial charge on any atom is 0.341 e. The number of nitrogens with zero attached hydrogens (tertiary/aromatic N) is 3. The molecule has 190 valence electrons. The van der Waals surface area contributed by atoms with Crippen LogP contribution in [0.15, 0.2) is 35.5 Å². The van der Waals surface area contributed by atoms with E-state index in [1.807, 2.05) is 30.3 Å². The Hall–Kier alpha value is -3.18. The Morgan fingerprint density at radius 3 is 2.72 bits per heavy atom. The summed E-state index contributed by atoms with van der Waals surface area (Å²) in [6.45, 7) is 4.07. The molecule has 1 aliphatic rings. The number of carbonyl (C=O) groups is 3. The molecule has 0 spiro atoms. The molecule has 0 aliphatic heterocycles. The van der Waals surface area contributed by atoms with Crippen molar-refractivity contribution < 1.29 is 19.1 Å². The van der Waals surface area contributed by atoms with Gasteiger partial charge < -0.3 is 19.9 Å². The number of rotatable bonds is 10. The summed E-state index contributed by atoms with van der Waals surface area (Å²) < 4.78 is 7.01. The first-order chi connectivity index (χ1) is 17.4. The molecule has 9 nitrogen and oxygen atoms in total. The number of anilines is 1. The summed E-state index contributed by atoms with van der Waals surface area (Å²) in [6, 6.07) is 9.52. The van der Waals surface area contributed by atoms with Crippen molar-refractivity contribution >= 4 is 45.9 Å². The third-order valence-corrected chi connectivity index (χ3v) is 8.21. The Kier molecular flexibility index (Phi) is 8.42. The molecule has 2 N–H and O–H groups in total. The number of thioether (sulfide) groups is 1. The zero-order chi connectivity index (χ0) is 25.7. The zero-order valence-corrected chi connectivity index (χ0v) is 22.1. The van der Waals surface area contributed by atoms with Crippen molar-refractivity contribution in [1.82, 2.24) is 20.1 Å². The van der Waals surface area contributed by atoms with E-state index in [9.17, 15) is 14.4 Å². The number of ether oxygens (including phenoxy) is 1. The molecule has 0 saturated heterocycles. The molecule has 1 aromatic carbocycles. The van der Waals surface area contributed by atoms with Crippen LogP contribution in [0.3, 0.4) is 0 Å². The molecule has 1 unspecified atom stereocenters. The predicted octanol–water partition coefficient (Wildman–Crippen LogP) is 3.52. The van der Waals surface area contributed by atoms with E-state index in [0.717, 1.165) is 35.3 Å². The van der Waals surface area contributed by atoms with Crippen LogP contribution in [0.2, 0.25) is 0 Å². The number of thiophene rings is 1. The maximum absolute atomic E-state index is 13.0. The third-order valence-electron chi connectivity index (χ3n) is 5.87. The van der Waals surface area contributed by atoms with Gasteiger partial charge in [0.15, 0.2) is 11.0 Å². The number of aryl methyl sites for hydroxylation is 1. The Balaban J connectivity index is 1.35. The highest BCUT2D eigenvalue weighted by Crippen LogP contribution is 2.40. The number of hydrogen-bond donors (Lipinski definition) is 2. The number of amides is 2. The first-order valence-corrected chi connectivity index (χ1v) is 13.5. The molecule has 0 fully saturated rings. The van der Waals surface area contributed by atoms with Gasteiger partial charge in [0.05, 0.1) is 30.4 Å². The first-order valence-electron chi connectivity index (χ1n) is 11.9. The second-order valence-corrected chi connectivity index (χ2v) is 10.8. The average molecular weight is 528 g/mol. The van der Waals surface area contributed by atoms with E-state index in [0.29, 0.717) is 21.5 Å². The van der Waals surface area contributed by atoms with Gasteiger partial charge in [0.2, 0.25) is 11.8 Å². The van der Waals surface area contributed by atoms with Crippen molar-refractivity contribution in [3.05, 3.63) is 57.7 Å². The quantitative estimate of drug-likeness (QED) is 0.306. The van der Waals surface area contributed by atoms with Crippen molar-refractivity contribution in [3.8, 4) is 0 Å². The van der Waals surface area contributed by atoms with E-state index in [4.69, 9.17) is 4.74 Å². The highest BCUT2D eigenvalue weighted by Gasteiger charge is 2.29. The summed E-state index contributed by atoms with van der Waals surface area (Å²) in [5.74, 6) is -0.136. The van der Waals surface area contributed by atoms with Crippen molar-refractivity contribution in [3.63, 3.8) is 0 Å². The van der Waals surface area contributed by atoms with Crippen LogP contribution in [-0.4, -0.2) is 44.4 Å². The molecular formula is C25H29N5O4S2. The van der Waals surface area contributed by atoms with E-state index in [1.165, 1.54) is 23.1 Å². The number of aromatic nitrogens is 3. The molecule has 1 atom stereocenters. The molecule has 11 heteroatoms. The van der Waals surface area contributed by atoms with Crippen LogP contribution in [0.1, 0.15) is 52.5 Å². The van der Waals surface area contributed by atoms with Gasteiger partial charge in [-0.2, -0.15) is 0 Å². The minimum Gasteiger partial charge on any atom is -0.462 e. The van der Waals surface area contributed by atoms with Crippen LogP contribution in [0.4, 0.5) is 5.00 Å². The fraction of sp³-hybridized carbons (Fsp3) is 0.400.